The molecule has 0 spiro atoms. The van der Waals surface area contributed by atoms with E-state index >= 15 is 0 Å². The molecule has 7 nitrogen and oxygen atoms in total. The maximum Gasteiger partial charge on any atom is 0.325 e. The summed E-state index contributed by atoms with van der Waals surface area (Å²) in [6, 6.07) is 16.5. The number of aromatic nitrogens is 2. The minimum Gasteiger partial charge on any atom is -0.337 e. The van der Waals surface area contributed by atoms with Crippen molar-refractivity contribution in [3.05, 3.63) is 71.6 Å². The Hall–Kier alpha value is -3.48. The lowest BCUT2D eigenvalue weighted by Crippen LogP contribution is -2.43. The van der Waals surface area contributed by atoms with Crippen LogP contribution in [0.15, 0.2) is 59.1 Å². The molecule has 0 bridgehead atoms. The summed E-state index contributed by atoms with van der Waals surface area (Å²) in [6.45, 7) is 3.80. The van der Waals surface area contributed by atoms with E-state index in [-0.39, 0.29) is 18.3 Å². The van der Waals surface area contributed by atoms with E-state index in [1.54, 1.807) is 0 Å². The van der Waals surface area contributed by atoms with Gasteiger partial charge in [-0.15, -0.1) is 0 Å². The first-order chi connectivity index (χ1) is 13.5. The van der Waals surface area contributed by atoms with Crippen LogP contribution in [-0.2, 0) is 16.9 Å². The molecule has 1 aromatic heterocycles. The Morgan fingerprint density at radius 1 is 1.07 bits per heavy atom. The van der Waals surface area contributed by atoms with Crippen LogP contribution in [0.5, 0.6) is 0 Å². The fraction of sp³-hybridized carbons (Fsp3) is 0.238. The van der Waals surface area contributed by atoms with Crippen molar-refractivity contribution in [1.82, 2.24) is 20.4 Å². The maximum atomic E-state index is 13.1. The molecule has 2 aromatic carbocycles. The number of carbonyl (C=O) groups is 2. The number of imide groups is 1. The molecule has 1 N–H and O–H groups in total. The van der Waals surface area contributed by atoms with E-state index in [9.17, 15) is 9.59 Å². The van der Waals surface area contributed by atoms with E-state index in [0.29, 0.717) is 12.2 Å². The quantitative estimate of drug-likeness (QED) is 0.690. The molecule has 3 amide bonds. The van der Waals surface area contributed by atoms with Gasteiger partial charge in [-0.3, -0.25) is 9.69 Å². The minimum absolute atomic E-state index is 0.0713. The number of hydrogen-bond donors (Lipinski definition) is 1. The second kappa shape index (κ2) is 6.92. The van der Waals surface area contributed by atoms with Gasteiger partial charge in [-0.05, 0) is 18.9 Å². The topological polar surface area (TPSA) is 88.3 Å². The first kappa shape index (κ1) is 17.9. The van der Waals surface area contributed by atoms with E-state index < -0.39 is 11.6 Å². The van der Waals surface area contributed by atoms with Gasteiger partial charge >= 0.3 is 6.03 Å². The number of carbonyl (C=O) groups excluding carboxylic acids is 2. The molecular formula is C21H20N4O3. The minimum atomic E-state index is -1.07. The molecule has 1 fully saturated rings. The number of nitrogens with one attached hydrogen (secondary N) is 1. The largest absolute Gasteiger partial charge is 0.337 e. The normalized spacial score (nSPS) is 19.1. The number of aryl methyl sites for hydroxylation is 1. The molecule has 1 aliphatic heterocycles. The molecule has 28 heavy (non-hydrogen) atoms. The Morgan fingerprint density at radius 3 is 2.46 bits per heavy atom. The third kappa shape index (κ3) is 2.94. The molecule has 1 atom stereocenters. The van der Waals surface area contributed by atoms with Crippen molar-refractivity contribution in [2.24, 2.45) is 0 Å². The zero-order valence-corrected chi connectivity index (χ0v) is 15.7. The SMILES string of the molecule is CCC1(c2ccccc2)NC(=O)N(Cc2nc(-c3ccc(C)cc3)no2)C1=O. The van der Waals surface area contributed by atoms with Gasteiger partial charge in [-0.25, -0.2) is 4.79 Å². The Bertz CT molecular complexity index is 1010. The number of rotatable bonds is 5. The third-order valence-corrected chi connectivity index (χ3v) is 5.04. The number of urea groups is 1. The second-order valence-corrected chi connectivity index (χ2v) is 6.82. The van der Waals surface area contributed by atoms with Crippen LogP contribution in [0.4, 0.5) is 4.79 Å². The molecule has 0 saturated carbocycles. The molecule has 0 aliphatic carbocycles. The number of nitrogens with zero attached hydrogens (tertiary/aromatic N) is 3. The Kier molecular flexibility index (Phi) is 4.43. The summed E-state index contributed by atoms with van der Waals surface area (Å²) in [5.74, 6) is 0.312. The predicted molar refractivity (Wildman–Crippen MR) is 102 cm³/mol. The monoisotopic (exact) mass is 376 g/mol. The average Bonchev–Trinajstić information content (AvgIpc) is 3.28. The number of benzene rings is 2. The highest BCUT2D eigenvalue weighted by atomic mass is 16.5. The van der Waals surface area contributed by atoms with Gasteiger partial charge < -0.3 is 9.84 Å². The smallest absolute Gasteiger partial charge is 0.325 e. The number of amides is 3. The van der Waals surface area contributed by atoms with Gasteiger partial charge in [-0.2, -0.15) is 4.98 Å². The molecule has 7 heteroatoms. The van der Waals surface area contributed by atoms with Crippen LogP contribution in [0.2, 0.25) is 0 Å². The summed E-state index contributed by atoms with van der Waals surface area (Å²) in [4.78, 5) is 31.2. The maximum absolute atomic E-state index is 13.1. The van der Waals surface area contributed by atoms with Crippen LogP contribution in [0.1, 0.15) is 30.4 Å². The van der Waals surface area contributed by atoms with E-state index in [0.717, 1.165) is 21.6 Å². The summed E-state index contributed by atoms with van der Waals surface area (Å²) in [7, 11) is 0. The van der Waals surface area contributed by atoms with Crippen LogP contribution < -0.4 is 5.32 Å². The summed E-state index contributed by atoms with van der Waals surface area (Å²) < 4.78 is 5.28. The van der Waals surface area contributed by atoms with Crippen LogP contribution >= 0.6 is 0 Å². The van der Waals surface area contributed by atoms with Gasteiger partial charge in [-0.1, -0.05) is 72.2 Å². The lowest BCUT2D eigenvalue weighted by atomic mass is 9.87. The van der Waals surface area contributed by atoms with Crippen molar-refractivity contribution in [3.63, 3.8) is 0 Å². The highest BCUT2D eigenvalue weighted by Gasteiger charge is 2.51. The summed E-state index contributed by atoms with van der Waals surface area (Å²) in [6.07, 6.45) is 0.441. The van der Waals surface area contributed by atoms with Crippen molar-refractivity contribution in [1.29, 1.82) is 0 Å². The van der Waals surface area contributed by atoms with Crippen molar-refractivity contribution in [2.75, 3.05) is 0 Å². The van der Waals surface area contributed by atoms with E-state index in [2.05, 4.69) is 15.5 Å². The molecule has 1 saturated heterocycles. The van der Waals surface area contributed by atoms with Crippen LogP contribution in [0.25, 0.3) is 11.4 Å². The molecule has 0 radical (unpaired) electrons. The van der Waals surface area contributed by atoms with Gasteiger partial charge in [0.05, 0.1) is 0 Å². The van der Waals surface area contributed by atoms with Gasteiger partial charge in [0.2, 0.25) is 11.7 Å². The summed E-state index contributed by atoms with van der Waals surface area (Å²) >= 11 is 0. The third-order valence-electron chi connectivity index (χ3n) is 5.04. The summed E-state index contributed by atoms with van der Waals surface area (Å²) in [5, 5.41) is 6.81. The lowest BCUT2D eigenvalue weighted by Gasteiger charge is -2.25. The average molecular weight is 376 g/mol. The number of hydrogen-bond acceptors (Lipinski definition) is 5. The Balaban J connectivity index is 1.58. The molecule has 1 unspecified atom stereocenters. The zero-order valence-electron chi connectivity index (χ0n) is 15.7. The predicted octanol–water partition coefficient (Wildman–Crippen LogP) is 3.40. The van der Waals surface area contributed by atoms with Gasteiger partial charge in [0.15, 0.2) is 0 Å². The van der Waals surface area contributed by atoms with Gasteiger partial charge in [0.1, 0.15) is 12.1 Å². The molecule has 3 aromatic rings. The standard InChI is InChI=1S/C21H20N4O3/c1-3-21(16-7-5-4-6-8-16)19(26)25(20(27)23-21)13-17-22-18(24-28-17)15-11-9-14(2)10-12-15/h4-12H,3,13H2,1-2H3,(H,23,27). The molecule has 142 valence electrons. The fourth-order valence-corrected chi connectivity index (χ4v) is 3.41. The van der Waals surface area contributed by atoms with Crippen LogP contribution in [-0.4, -0.2) is 27.0 Å². The highest BCUT2D eigenvalue weighted by Crippen LogP contribution is 2.33. The van der Waals surface area contributed by atoms with Crippen molar-refractivity contribution < 1.29 is 14.1 Å². The van der Waals surface area contributed by atoms with Gasteiger partial charge in [0.25, 0.3) is 5.91 Å². The first-order valence-electron chi connectivity index (χ1n) is 9.13. The van der Waals surface area contributed by atoms with Crippen LogP contribution in [0.3, 0.4) is 0 Å². The fourth-order valence-electron chi connectivity index (χ4n) is 3.41. The second-order valence-electron chi connectivity index (χ2n) is 6.82. The van der Waals surface area contributed by atoms with Crippen molar-refractivity contribution in [2.45, 2.75) is 32.4 Å². The van der Waals surface area contributed by atoms with Crippen LogP contribution in [0, 0.1) is 6.92 Å². The zero-order chi connectivity index (χ0) is 19.7. The van der Waals surface area contributed by atoms with E-state index in [4.69, 9.17) is 4.52 Å². The van der Waals surface area contributed by atoms with Crippen molar-refractivity contribution in [3.8, 4) is 11.4 Å². The van der Waals surface area contributed by atoms with E-state index in [1.807, 2.05) is 68.4 Å². The van der Waals surface area contributed by atoms with Crippen molar-refractivity contribution >= 4 is 11.9 Å². The first-order valence-corrected chi connectivity index (χ1v) is 9.13. The Labute approximate surface area is 162 Å². The Morgan fingerprint density at radius 2 is 1.79 bits per heavy atom. The molecule has 1 aliphatic rings. The molecule has 2 heterocycles. The lowest BCUT2D eigenvalue weighted by molar-refractivity contribution is -0.132. The summed E-state index contributed by atoms with van der Waals surface area (Å²) in [5.41, 5.74) is 1.62. The van der Waals surface area contributed by atoms with Gasteiger partial charge in [0, 0.05) is 5.56 Å². The van der Waals surface area contributed by atoms with E-state index in [1.165, 1.54) is 0 Å². The highest BCUT2D eigenvalue weighted by molar-refractivity contribution is 6.07. The molecular weight excluding hydrogens is 356 g/mol. The molecule has 4 rings (SSSR count).